The Morgan fingerprint density at radius 3 is 2.50 bits per heavy atom. The molecule has 2 amide bonds. The molecule has 0 aromatic heterocycles. The van der Waals surface area contributed by atoms with Crippen molar-refractivity contribution in [2.75, 3.05) is 19.6 Å². The zero-order valence-electron chi connectivity index (χ0n) is 15.0. The normalized spacial score (nSPS) is 22.5. The fraction of sp³-hybridized carbons (Fsp3) is 0.579. The summed E-state index contributed by atoms with van der Waals surface area (Å²) >= 11 is 12.2. The van der Waals surface area contributed by atoms with Crippen LogP contribution in [0.4, 0.5) is 0 Å². The lowest BCUT2D eigenvalue weighted by Gasteiger charge is -2.36. The molecular formula is C19H25Cl2N3O2. The molecule has 3 rings (SSSR count). The van der Waals surface area contributed by atoms with Crippen LogP contribution in [0.25, 0.3) is 0 Å². The van der Waals surface area contributed by atoms with Gasteiger partial charge in [0.25, 0.3) is 5.91 Å². The quantitative estimate of drug-likeness (QED) is 0.851. The van der Waals surface area contributed by atoms with Crippen LogP contribution in [0.1, 0.15) is 43.0 Å². The Hall–Kier alpha value is -1.30. The number of likely N-dealkylation sites (tertiary alicyclic amines) is 2. The molecule has 2 aliphatic heterocycles. The Kier molecular flexibility index (Phi) is 6.10. The largest absolute Gasteiger partial charge is 0.341 e. The first kappa shape index (κ1) is 19.5. The summed E-state index contributed by atoms with van der Waals surface area (Å²) in [6.45, 7) is 4.01. The van der Waals surface area contributed by atoms with Gasteiger partial charge in [0.05, 0.1) is 10.6 Å². The number of amides is 2. The van der Waals surface area contributed by atoms with Crippen molar-refractivity contribution in [3.05, 3.63) is 33.8 Å². The summed E-state index contributed by atoms with van der Waals surface area (Å²) in [5.74, 6) is 0.279. The average Bonchev–Trinajstić information content (AvgIpc) is 3.12. The molecule has 0 radical (unpaired) electrons. The van der Waals surface area contributed by atoms with E-state index in [0.717, 1.165) is 19.3 Å². The van der Waals surface area contributed by atoms with Gasteiger partial charge in [-0.1, -0.05) is 23.2 Å². The molecular weight excluding hydrogens is 373 g/mol. The van der Waals surface area contributed by atoms with Crippen LogP contribution in [-0.4, -0.2) is 53.3 Å². The number of hydrogen-bond donors (Lipinski definition) is 1. The Labute approximate surface area is 164 Å². The second-order valence-corrected chi connectivity index (χ2v) is 8.15. The molecule has 142 valence electrons. The van der Waals surface area contributed by atoms with Gasteiger partial charge in [-0.3, -0.25) is 9.59 Å². The Bertz CT molecular complexity index is 687. The highest BCUT2D eigenvalue weighted by atomic mass is 35.5. The zero-order chi connectivity index (χ0) is 18.8. The third kappa shape index (κ3) is 4.00. The number of halogens is 2. The number of carbonyl (C=O) groups is 2. The van der Waals surface area contributed by atoms with E-state index in [0.29, 0.717) is 47.6 Å². The van der Waals surface area contributed by atoms with E-state index in [4.69, 9.17) is 28.9 Å². The summed E-state index contributed by atoms with van der Waals surface area (Å²) in [6, 6.07) is 4.57. The number of carbonyl (C=O) groups excluding carboxylic acids is 2. The van der Waals surface area contributed by atoms with Crippen LogP contribution < -0.4 is 5.73 Å². The lowest BCUT2D eigenvalue weighted by molar-refractivity contribution is -0.136. The van der Waals surface area contributed by atoms with Crippen molar-refractivity contribution in [3.8, 4) is 0 Å². The van der Waals surface area contributed by atoms with Crippen LogP contribution in [0.3, 0.4) is 0 Å². The molecule has 0 bridgehead atoms. The fourth-order valence-electron chi connectivity index (χ4n) is 3.94. The van der Waals surface area contributed by atoms with Crippen LogP contribution in [0, 0.1) is 5.92 Å². The van der Waals surface area contributed by atoms with E-state index in [-0.39, 0.29) is 17.9 Å². The summed E-state index contributed by atoms with van der Waals surface area (Å²) in [7, 11) is 0. The van der Waals surface area contributed by atoms with Crippen LogP contribution in [0.5, 0.6) is 0 Å². The minimum atomic E-state index is -0.413. The SMILES string of the molecule is CC(N)C1CCN(C(=O)C2CCCN2C(=O)c2cc(Cl)ccc2Cl)CC1. The van der Waals surface area contributed by atoms with Crippen molar-refractivity contribution in [2.24, 2.45) is 11.7 Å². The maximum absolute atomic E-state index is 13.0. The highest BCUT2D eigenvalue weighted by Gasteiger charge is 2.38. The molecule has 26 heavy (non-hydrogen) atoms. The van der Waals surface area contributed by atoms with E-state index in [2.05, 4.69) is 0 Å². The minimum absolute atomic E-state index is 0.0390. The highest BCUT2D eigenvalue weighted by Crippen LogP contribution is 2.28. The summed E-state index contributed by atoms with van der Waals surface area (Å²) in [5, 5.41) is 0.813. The van der Waals surface area contributed by atoms with E-state index in [9.17, 15) is 9.59 Å². The van der Waals surface area contributed by atoms with Gasteiger partial charge in [0.2, 0.25) is 5.91 Å². The van der Waals surface area contributed by atoms with Crippen LogP contribution in [-0.2, 0) is 4.79 Å². The molecule has 2 N–H and O–H groups in total. The van der Waals surface area contributed by atoms with Crippen LogP contribution >= 0.6 is 23.2 Å². The highest BCUT2D eigenvalue weighted by molar-refractivity contribution is 6.35. The summed E-state index contributed by atoms with van der Waals surface area (Å²) in [6.07, 6.45) is 3.35. The van der Waals surface area contributed by atoms with Gasteiger partial charge in [-0.05, 0) is 56.7 Å². The van der Waals surface area contributed by atoms with Gasteiger partial charge in [0, 0.05) is 30.7 Å². The smallest absolute Gasteiger partial charge is 0.256 e. The number of nitrogens with two attached hydrogens (primary N) is 1. The number of hydrogen-bond acceptors (Lipinski definition) is 3. The molecule has 1 aromatic rings. The van der Waals surface area contributed by atoms with Gasteiger partial charge < -0.3 is 15.5 Å². The number of benzene rings is 1. The Balaban J connectivity index is 1.71. The topological polar surface area (TPSA) is 66.6 Å². The zero-order valence-corrected chi connectivity index (χ0v) is 16.5. The van der Waals surface area contributed by atoms with Gasteiger partial charge in [0.15, 0.2) is 0 Å². The molecule has 2 fully saturated rings. The van der Waals surface area contributed by atoms with Gasteiger partial charge in [-0.15, -0.1) is 0 Å². The Morgan fingerprint density at radius 1 is 1.15 bits per heavy atom. The van der Waals surface area contributed by atoms with E-state index >= 15 is 0 Å². The third-order valence-electron chi connectivity index (χ3n) is 5.55. The maximum atomic E-state index is 13.0. The summed E-state index contributed by atoms with van der Waals surface area (Å²) in [5.41, 5.74) is 6.34. The first-order chi connectivity index (χ1) is 12.4. The first-order valence-electron chi connectivity index (χ1n) is 9.19. The summed E-state index contributed by atoms with van der Waals surface area (Å²) < 4.78 is 0. The molecule has 2 aliphatic rings. The first-order valence-corrected chi connectivity index (χ1v) is 9.94. The molecule has 2 atom stereocenters. The lowest BCUT2D eigenvalue weighted by atomic mass is 9.90. The maximum Gasteiger partial charge on any atom is 0.256 e. The molecule has 0 aliphatic carbocycles. The number of rotatable bonds is 3. The van der Waals surface area contributed by atoms with Gasteiger partial charge in [-0.2, -0.15) is 0 Å². The van der Waals surface area contributed by atoms with Gasteiger partial charge in [-0.25, -0.2) is 0 Å². The van der Waals surface area contributed by atoms with E-state index in [1.54, 1.807) is 23.1 Å². The van der Waals surface area contributed by atoms with E-state index in [1.807, 2.05) is 11.8 Å². The molecule has 0 saturated carbocycles. The average molecular weight is 398 g/mol. The van der Waals surface area contributed by atoms with Crippen molar-refractivity contribution < 1.29 is 9.59 Å². The predicted octanol–water partition coefficient (Wildman–Crippen LogP) is 3.18. The molecule has 2 heterocycles. The fourth-order valence-corrected chi connectivity index (χ4v) is 4.31. The van der Waals surface area contributed by atoms with Crippen LogP contribution in [0.15, 0.2) is 18.2 Å². The Morgan fingerprint density at radius 2 is 1.85 bits per heavy atom. The molecule has 2 unspecified atom stereocenters. The van der Waals surface area contributed by atoms with E-state index < -0.39 is 6.04 Å². The molecule has 1 aromatic carbocycles. The van der Waals surface area contributed by atoms with Crippen molar-refractivity contribution >= 4 is 35.0 Å². The second kappa shape index (κ2) is 8.15. The third-order valence-corrected chi connectivity index (χ3v) is 6.12. The molecule has 2 saturated heterocycles. The molecule has 0 spiro atoms. The van der Waals surface area contributed by atoms with E-state index in [1.165, 1.54) is 0 Å². The molecule has 7 heteroatoms. The van der Waals surface area contributed by atoms with Gasteiger partial charge in [0.1, 0.15) is 6.04 Å². The number of nitrogens with zero attached hydrogens (tertiary/aromatic N) is 2. The summed E-state index contributed by atoms with van der Waals surface area (Å²) in [4.78, 5) is 29.5. The van der Waals surface area contributed by atoms with Gasteiger partial charge >= 0.3 is 0 Å². The van der Waals surface area contributed by atoms with Crippen molar-refractivity contribution in [2.45, 2.75) is 44.7 Å². The van der Waals surface area contributed by atoms with Crippen molar-refractivity contribution in [3.63, 3.8) is 0 Å². The van der Waals surface area contributed by atoms with Crippen molar-refractivity contribution in [1.29, 1.82) is 0 Å². The minimum Gasteiger partial charge on any atom is -0.341 e. The lowest BCUT2D eigenvalue weighted by Crippen LogP contribution is -2.51. The predicted molar refractivity (Wildman–Crippen MR) is 103 cm³/mol. The standard InChI is InChI=1S/C19H25Cl2N3O2/c1-12(22)13-6-9-23(10-7-13)19(26)17-3-2-8-24(17)18(25)15-11-14(20)4-5-16(15)21/h4-5,11-13,17H,2-3,6-10,22H2,1H3. The monoisotopic (exact) mass is 397 g/mol. The second-order valence-electron chi connectivity index (χ2n) is 7.30. The van der Waals surface area contributed by atoms with Crippen LogP contribution in [0.2, 0.25) is 10.0 Å². The number of piperidine rings is 1. The molecule has 5 nitrogen and oxygen atoms in total. The van der Waals surface area contributed by atoms with Crippen molar-refractivity contribution in [1.82, 2.24) is 9.80 Å².